The molecule has 0 saturated carbocycles. The summed E-state index contributed by atoms with van der Waals surface area (Å²) in [4.78, 5) is 25.7. The van der Waals surface area contributed by atoms with Crippen LogP contribution in [-0.2, 0) is 16.1 Å². The minimum Gasteiger partial charge on any atom is -0.352 e. The fourth-order valence-electron chi connectivity index (χ4n) is 2.45. The molecule has 0 aromatic heterocycles. The molecular weight excluding hydrogens is 271 g/mol. The van der Waals surface area contributed by atoms with Crippen molar-refractivity contribution < 1.29 is 14.0 Å². The topological polar surface area (TPSA) is 49.4 Å². The van der Waals surface area contributed by atoms with E-state index in [2.05, 4.69) is 12.2 Å². The molecule has 0 aliphatic carbocycles. The highest BCUT2D eigenvalue weighted by Gasteiger charge is 2.33. The number of likely N-dealkylation sites (tertiary alicyclic amines) is 1. The van der Waals surface area contributed by atoms with Crippen LogP contribution in [0.2, 0.25) is 0 Å². The van der Waals surface area contributed by atoms with Gasteiger partial charge in [-0.25, -0.2) is 4.39 Å². The van der Waals surface area contributed by atoms with Gasteiger partial charge in [-0.3, -0.25) is 9.59 Å². The van der Waals surface area contributed by atoms with Gasteiger partial charge < -0.3 is 10.2 Å². The highest BCUT2D eigenvalue weighted by atomic mass is 19.1. The molecular formula is C16H21FN2O2. The van der Waals surface area contributed by atoms with Gasteiger partial charge in [-0.05, 0) is 24.1 Å². The van der Waals surface area contributed by atoms with Crippen molar-refractivity contribution in [1.29, 1.82) is 0 Å². The molecule has 0 spiro atoms. The summed E-state index contributed by atoms with van der Waals surface area (Å²) in [7, 11) is 0. The summed E-state index contributed by atoms with van der Waals surface area (Å²) >= 11 is 0. The summed E-state index contributed by atoms with van der Waals surface area (Å²) in [5.41, 5.74) is 0.844. The number of nitrogens with zero attached hydrogens (tertiary/aromatic N) is 1. The first kappa shape index (κ1) is 15.5. The van der Waals surface area contributed by atoms with E-state index in [9.17, 15) is 14.0 Å². The highest BCUT2D eigenvalue weighted by Crippen LogP contribution is 2.18. The lowest BCUT2D eigenvalue weighted by Gasteiger charge is -2.16. The molecule has 1 aromatic rings. The molecule has 1 aliphatic heterocycles. The predicted octanol–water partition coefficient (Wildman–Crippen LogP) is 2.09. The van der Waals surface area contributed by atoms with Crippen molar-refractivity contribution in [3.63, 3.8) is 0 Å². The van der Waals surface area contributed by atoms with Crippen LogP contribution < -0.4 is 5.32 Å². The number of halogens is 1. The van der Waals surface area contributed by atoms with Gasteiger partial charge in [-0.1, -0.05) is 25.5 Å². The van der Waals surface area contributed by atoms with Crippen molar-refractivity contribution in [2.24, 2.45) is 5.92 Å². The molecule has 114 valence electrons. The molecule has 5 heteroatoms. The smallest absolute Gasteiger partial charge is 0.225 e. The Morgan fingerprint density at radius 2 is 2.10 bits per heavy atom. The number of nitrogens with one attached hydrogen (secondary N) is 1. The molecule has 1 N–H and O–H groups in total. The maximum absolute atomic E-state index is 12.8. The van der Waals surface area contributed by atoms with Crippen LogP contribution in [0.5, 0.6) is 0 Å². The largest absolute Gasteiger partial charge is 0.352 e. The van der Waals surface area contributed by atoms with Gasteiger partial charge >= 0.3 is 0 Å². The summed E-state index contributed by atoms with van der Waals surface area (Å²) in [6.45, 7) is 3.68. The number of amides is 2. The van der Waals surface area contributed by atoms with Crippen LogP contribution in [0.4, 0.5) is 4.39 Å². The Labute approximate surface area is 124 Å². The summed E-state index contributed by atoms with van der Waals surface area (Å²) in [5, 5.41) is 2.82. The lowest BCUT2D eigenvalue weighted by molar-refractivity contribution is -0.129. The van der Waals surface area contributed by atoms with E-state index in [1.54, 1.807) is 17.0 Å². The average Bonchev–Trinajstić information content (AvgIpc) is 2.85. The molecule has 1 atom stereocenters. The van der Waals surface area contributed by atoms with Gasteiger partial charge in [0, 0.05) is 26.1 Å². The Bertz CT molecular complexity index is 502. The Hall–Kier alpha value is -1.91. The summed E-state index contributed by atoms with van der Waals surface area (Å²) in [6.07, 6.45) is 2.29. The van der Waals surface area contributed by atoms with E-state index in [0.29, 0.717) is 19.5 Å². The standard InChI is InChI=1S/C16H21FN2O2/c1-2-3-8-19-11-13(9-15(19)20)16(21)18-10-12-4-6-14(17)7-5-12/h4-7,13H,2-3,8-11H2,1H3,(H,18,21)/t13-/m0/s1. The second kappa shape index (κ2) is 7.20. The number of hydrogen-bond acceptors (Lipinski definition) is 2. The first-order valence-corrected chi connectivity index (χ1v) is 7.40. The Balaban J connectivity index is 1.81. The maximum atomic E-state index is 12.8. The first-order chi connectivity index (χ1) is 10.1. The van der Waals surface area contributed by atoms with Crippen molar-refractivity contribution in [3.8, 4) is 0 Å². The predicted molar refractivity (Wildman–Crippen MR) is 77.8 cm³/mol. The van der Waals surface area contributed by atoms with Crippen LogP contribution in [-0.4, -0.2) is 29.8 Å². The highest BCUT2D eigenvalue weighted by molar-refractivity contribution is 5.89. The maximum Gasteiger partial charge on any atom is 0.225 e. The van der Waals surface area contributed by atoms with Crippen molar-refractivity contribution in [3.05, 3.63) is 35.6 Å². The molecule has 1 saturated heterocycles. The second-order valence-electron chi connectivity index (χ2n) is 5.44. The quantitative estimate of drug-likeness (QED) is 0.873. The van der Waals surface area contributed by atoms with Crippen LogP contribution in [0.15, 0.2) is 24.3 Å². The summed E-state index contributed by atoms with van der Waals surface area (Å²) in [5.74, 6) is -0.607. The molecule has 1 heterocycles. The van der Waals surface area contributed by atoms with E-state index in [0.717, 1.165) is 24.9 Å². The van der Waals surface area contributed by atoms with Crippen LogP contribution in [0, 0.1) is 11.7 Å². The van der Waals surface area contributed by atoms with Gasteiger partial charge in [0.1, 0.15) is 5.82 Å². The zero-order valence-corrected chi connectivity index (χ0v) is 12.3. The Morgan fingerprint density at radius 1 is 1.38 bits per heavy atom. The third-order valence-electron chi connectivity index (χ3n) is 3.75. The van der Waals surface area contributed by atoms with E-state index in [1.807, 2.05) is 0 Å². The zero-order valence-electron chi connectivity index (χ0n) is 12.3. The Kier molecular flexibility index (Phi) is 5.31. The van der Waals surface area contributed by atoms with Crippen molar-refractivity contribution in [1.82, 2.24) is 10.2 Å². The lowest BCUT2D eigenvalue weighted by Crippen LogP contribution is -2.32. The van der Waals surface area contributed by atoms with E-state index >= 15 is 0 Å². The molecule has 2 amide bonds. The molecule has 0 unspecified atom stereocenters. The molecule has 1 aliphatic rings. The van der Waals surface area contributed by atoms with Crippen LogP contribution in [0.1, 0.15) is 31.7 Å². The number of hydrogen-bond donors (Lipinski definition) is 1. The van der Waals surface area contributed by atoms with Gasteiger partial charge in [0.05, 0.1) is 5.92 Å². The van der Waals surface area contributed by atoms with Crippen LogP contribution >= 0.6 is 0 Å². The van der Waals surface area contributed by atoms with Gasteiger partial charge in [-0.2, -0.15) is 0 Å². The van der Waals surface area contributed by atoms with Crippen molar-refractivity contribution >= 4 is 11.8 Å². The van der Waals surface area contributed by atoms with Crippen molar-refractivity contribution in [2.45, 2.75) is 32.7 Å². The first-order valence-electron chi connectivity index (χ1n) is 7.40. The van der Waals surface area contributed by atoms with Gasteiger partial charge in [-0.15, -0.1) is 0 Å². The molecule has 21 heavy (non-hydrogen) atoms. The molecule has 1 aromatic carbocycles. The van der Waals surface area contributed by atoms with Crippen LogP contribution in [0.25, 0.3) is 0 Å². The third-order valence-corrected chi connectivity index (χ3v) is 3.75. The SMILES string of the molecule is CCCCN1C[C@@H](C(=O)NCc2ccc(F)cc2)CC1=O. The third kappa shape index (κ3) is 4.28. The molecule has 0 bridgehead atoms. The summed E-state index contributed by atoms with van der Waals surface area (Å²) < 4.78 is 12.8. The fraction of sp³-hybridized carbons (Fsp3) is 0.500. The second-order valence-corrected chi connectivity index (χ2v) is 5.44. The van der Waals surface area contributed by atoms with E-state index < -0.39 is 0 Å². The molecule has 1 fully saturated rings. The minimum atomic E-state index is -0.293. The molecule has 0 radical (unpaired) electrons. The monoisotopic (exact) mass is 292 g/mol. The number of rotatable bonds is 6. The van der Waals surface area contributed by atoms with E-state index in [1.165, 1.54) is 12.1 Å². The average molecular weight is 292 g/mol. The lowest BCUT2D eigenvalue weighted by atomic mass is 10.1. The Morgan fingerprint density at radius 3 is 2.76 bits per heavy atom. The van der Waals surface area contributed by atoms with Gasteiger partial charge in [0.25, 0.3) is 0 Å². The van der Waals surface area contributed by atoms with E-state index in [-0.39, 0.29) is 23.5 Å². The normalized spacial score (nSPS) is 18.1. The molecule has 4 nitrogen and oxygen atoms in total. The number of unbranched alkanes of at least 4 members (excludes halogenated alkanes) is 1. The molecule has 2 rings (SSSR count). The zero-order chi connectivity index (χ0) is 15.2. The number of benzene rings is 1. The number of carbonyl (C=O) groups is 2. The van der Waals surface area contributed by atoms with Crippen molar-refractivity contribution in [2.75, 3.05) is 13.1 Å². The summed E-state index contributed by atoms with van der Waals surface area (Å²) in [6, 6.07) is 6.02. The van der Waals surface area contributed by atoms with Gasteiger partial charge in [0.15, 0.2) is 0 Å². The fourth-order valence-corrected chi connectivity index (χ4v) is 2.45. The number of carbonyl (C=O) groups excluding carboxylic acids is 2. The minimum absolute atomic E-state index is 0.0605. The van der Waals surface area contributed by atoms with Gasteiger partial charge in [0.2, 0.25) is 11.8 Å². The van der Waals surface area contributed by atoms with Crippen LogP contribution in [0.3, 0.4) is 0 Å². The van der Waals surface area contributed by atoms with E-state index in [4.69, 9.17) is 0 Å².